The van der Waals surface area contributed by atoms with Crippen LogP contribution >= 0.6 is 15.9 Å². The normalized spacial score (nSPS) is 60.3. The summed E-state index contributed by atoms with van der Waals surface area (Å²) in [7, 11) is 0. The van der Waals surface area contributed by atoms with Crippen LogP contribution in [-0.2, 0) is 4.74 Å². The van der Waals surface area contributed by atoms with Gasteiger partial charge in [0.1, 0.15) is 0 Å². The van der Waals surface area contributed by atoms with Gasteiger partial charge in [-0.05, 0) is 38.0 Å². The Morgan fingerprint density at radius 3 is 2.18 bits per heavy atom. The lowest BCUT2D eigenvalue weighted by Crippen LogP contribution is -2.53. The summed E-state index contributed by atoms with van der Waals surface area (Å²) >= 11 is 3.88. The first-order valence-corrected chi connectivity index (χ1v) is 5.37. The highest BCUT2D eigenvalue weighted by molar-refractivity contribution is 9.10. The fourth-order valence-electron chi connectivity index (χ4n) is 3.24. The molecule has 0 amide bonds. The lowest BCUT2D eigenvalue weighted by atomic mass is 9.67. The minimum Gasteiger partial charge on any atom is -0.375 e. The van der Waals surface area contributed by atoms with Gasteiger partial charge in [-0.3, -0.25) is 0 Å². The second-order valence-electron chi connectivity index (χ2n) is 4.48. The third kappa shape index (κ3) is 0.988. The predicted octanol–water partition coefficient (Wildman–Crippen LogP) is 2.48. The van der Waals surface area contributed by atoms with Gasteiger partial charge >= 0.3 is 0 Å². The van der Waals surface area contributed by atoms with Crippen LogP contribution < -0.4 is 0 Å². The number of halogens is 1. The average Bonchev–Trinajstić information content (AvgIpc) is 1.79. The second-order valence-corrected chi connectivity index (χ2v) is 6.16. The van der Waals surface area contributed by atoms with Crippen molar-refractivity contribution >= 4 is 15.9 Å². The summed E-state index contributed by atoms with van der Waals surface area (Å²) in [5, 5.41) is 0. The van der Waals surface area contributed by atoms with E-state index in [1.54, 1.807) is 0 Å². The third-order valence-electron chi connectivity index (χ3n) is 3.42. The van der Waals surface area contributed by atoms with Crippen molar-refractivity contribution in [3.8, 4) is 0 Å². The van der Waals surface area contributed by atoms with E-state index in [1.807, 2.05) is 0 Å². The van der Waals surface area contributed by atoms with Crippen molar-refractivity contribution in [2.75, 3.05) is 0 Å². The molecular weight excluding hydrogens is 204 g/mol. The van der Waals surface area contributed by atoms with E-state index in [9.17, 15) is 0 Å². The van der Waals surface area contributed by atoms with E-state index in [0.29, 0.717) is 16.5 Å². The van der Waals surface area contributed by atoms with Crippen LogP contribution in [0.5, 0.6) is 0 Å². The van der Waals surface area contributed by atoms with Crippen molar-refractivity contribution in [3.05, 3.63) is 0 Å². The van der Waals surface area contributed by atoms with Gasteiger partial charge < -0.3 is 4.74 Å². The van der Waals surface area contributed by atoms with Gasteiger partial charge in [0, 0.05) is 4.32 Å². The molecule has 62 valence electrons. The monoisotopic (exact) mass is 216 g/mol. The molecule has 0 aromatic heterocycles. The van der Waals surface area contributed by atoms with Crippen LogP contribution in [0.2, 0.25) is 0 Å². The van der Waals surface area contributed by atoms with Gasteiger partial charge in [-0.1, -0.05) is 15.9 Å². The number of ether oxygens (including phenoxy) is 1. The van der Waals surface area contributed by atoms with Crippen LogP contribution in [0.15, 0.2) is 0 Å². The summed E-state index contributed by atoms with van der Waals surface area (Å²) in [5.74, 6) is 0.973. The molecular formula is C9H13BrO. The van der Waals surface area contributed by atoms with E-state index in [4.69, 9.17) is 4.74 Å². The molecule has 0 aromatic rings. The fourth-order valence-corrected chi connectivity index (χ4v) is 4.42. The maximum absolute atomic E-state index is 5.86. The molecule has 0 radical (unpaired) electrons. The van der Waals surface area contributed by atoms with Gasteiger partial charge in [0.25, 0.3) is 0 Å². The number of alkyl halides is 1. The summed E-state index contributed by atoms with van der Waals surface area (Å²) in [6.07, 6.45) is 7.80. The first kappa shape index (κ1) is 6.90. The molecule has 4 rings (SSSR count). The van der Waals surface area contributed by atoms with E-state index in [2.05, 4.69) is 15.9 Å². The molecule has 2 atom stereocenters. The zero-order valence-corrected chi connectivity index (χ0v) is 8.14. The smallest absolute Gasteiger partial charge is 0.0595 e. The van der Waals surface area contributed by atoms with E-state index < -0.39 is 0 Å². The van der Waals surface area contributed by atoms with E-state index in [0.717, 1.165) is 5.92 Å². The molecule has 1 nitrogen and oxygen atoms in total. The molecule has 2 saturated carbocycles. The van der Waals surface area contributed by atoms with Gasteiger partial charge in [0.15, 0.2) is 0 Å². The molecule has 4 fully saturated rings. The van der Waals surface area contributed by atoms with E-state index >= 15 is 0 Å². The Bertz CT molecular complexity index is 155. The summed E-state index contributed by atoms with van der Waals surface area (Å²) in [6, 6.07) is 0. The van der Waals surface area contributed by atoms with Crippen molar-refractivity contribution < 1.29 is 4.74 Å². The zero-order valence-electron chi connectivity index (χ0n) is 6.55. The Morgan fingerprint density at radius 2 is 1.73 bits per heavy atom. The van der Waals surface area contributed by atoms with Gasteiger partial charge in [-0.15, -0.1) is 0 Å². The minimum absolute atomic E-state index is 0.488. The van der Waals surface area contributed by atoms with Crippen molar-refractivity contribution in [2.24, 2.45) is 5.92 Å². The number of hydrogen-bond donors (Lipinski definition) is 0. The fraction of sp³-hybridized carbons (Fsp3) is 1.00. The van der Waals surface area contributed by atoms with Crippen LogP contribution in [0, 0.1) is 5.92 Å². The van der Waals surface area contributed by atoms with Crippen molar-refractivity contribution in [1.82, 2.24) is 0 Å². The molecule has 4 aliphatic rings. The quantitative estimate of drug-likeness (QED) is 0.566. The molecule has 0 N–H and O–H groups in total. The highest BCUT2D eigenvalue weighted by Gasteiger charge is 2.50. The topological polar surface area (TPSA) is 9.23 Å². The molecule has 2 aliphatic heterocycles. The Balaban J connectivity index is 1.94. The molecule has 2 heteroatoms. The lowest BCUT2D eigenvalue weighted by Gasteiger charge is -2.53. The molecule has 0 aromatic carbocycles. The molecule has 11 heavy (non-hydrogen) atoms. The van der Waals surface area contributed by atoms with Gasteiger partial charge in [0.05, 0.1) is 12.2 Å². The van der Waals surface area contributed by atoms with Crippen molar-refractivity contribution in [1.29, 1.82) is 0 Å². The Kier molecular flexibility index (Phi) is 1.27. The van der Waals surface area contributed by atoms with Crippen LogP contribution in [0.25, 0.3) is 0 Å². The largest absolute Gasteiger partial charge is 0.375 e. The second kappa shape index (κ2) is 2.02. The summed E-state index contributed by atoms with van der Waals surface area (Å²) in [5.41, 5.74) is 0. The minimum atomic E-state index is 0.488. The average molecular weight is 217 g/mol. The van der Waals surface area contributed by atoms with Crippen LogP contribution in [0.1, 0.15) is 32.1 Å². The zero-order chi connectivity index (χ0) is 7.47. The first-order chi connectivity index (χ1) is 5.23. The van der Waals surface area contributed by atoms with Crippen molar-refractivity contribution in [3.63, 3.8) is 0 Å². The highest BCUT2D eigenvalue weighted by atomic mass is 79.9. The predicted molar refractivity (Wildman–Crippen MR) is 46.9 cm³/mol. The van der Waals surface area contributed by atoms with Crippen LogP contribution in [0.3, 0.4) is 0 Å². The lowest BCUT2D eigenvalue weighted by molar-refractivity contribution is -0.143. The molecule has 2 heterocycles. The number of hydrogen-bond acceptors (Lipinski definition) is 1. The summed E-state index contributed by atoms with van der Waals surface area (Å²) < 4.78 is 6.35. The van der Waals surface area contributed by atoms with Crippen LogP contribution in [-0.4, -0.2) is 16.5 Å². The maximum Gasteiger partial charge on any atom is 0.0595 e. The van der Waals surface area contributed by atoms with Crippen molar-refractivity contribution in [2.45, 2.75) is 48.6 Å². The first-order valence-electron chi connectivity index (χ1n) is 4.58. The van der Waals surface area contributed by atoms with Gasteiger partial charge in [0.2, 0.25) is 0 Å². The molecule has 4 bridgehead atoms. The van der Waals surface area contributed by atoms with E-state index in [1.165, 1.54) is 32.1 Å². The Labute approximate surface area is 75.6 Å². The van der Waals surface area contributed by atoms with Gasteiger partial charge in [-0.2, -0.15) is 0 Å². The molecule has 2 unspecified atom stereocenters. The molecule has 0 spiro atoms. The standard InChI is InChI=1S/C9H13BrO/c10-9-3-6-1-7(4-9)11-8(2-6)5-9/h6-8H,1-5H2. The number of rotatable bonds is 0. The Hall–Kier alpha value is 0.440. The maximum atomic E-state index is 5.86. The SMILES string of the molecule is BrC12CC3CC(C1)OC(C3)C2. The molecule has 2 aliphatic carbocycles. The molecule has 2 saturated heterocycles. The Morgan fingerprint density at radius 1 is 1.09 bits per heavy atom. The summed E-state index contributed by atoms with van der Waals surface area (Å²) in [6.45, 7) is 0. The highest BCUT2D eigenvalue weighted by Crippen LogP contribution is 2.53. The summed E-state index contributed by atoms with van der Waals surface area (Å²) in [4.78, 5) is 0. The van der Waals surface area contributed by atoms with E-state index in [-0.39, 0.29) is 0 Å². The third-order valence-corrected chi connectivity index (χ3v) is 4.39. The van der Waals surface area contributed by atoms with Crippen LogP contribution in [0.4, 0.5) is 0 Å². The van der Waals surface area contributed by atoms with Gasteiger partial charge in [-0.25, -0.2) is 0 Å².